The zero-order valence-electron chi connectivity index (χ0n) is 17.1. The molecule has 0 bridgehead atoms. The molecular weight excluding hydrogens is 368 g/mol. The van der Waals surface area contributed by atoms with Gasteiger partial charge in [-0.05, 0) is 43.7 Å². The average molecular weight is 396 g/mol. The lowest BCUT2D eigenvalue weighted by Gasteiger charge is -2.35. The molecule has 1 heterocycles. The summed E-state index contributed by atoms with van der Waals surface area (Å²) in [6.45, 7) is 4.76. The maximum atomic E-state index is 12.7. The van der Waals surface area contributed by atoms with Crippen molar-refractivity contribution in [1.29, 1.82) is 0 Å². The van der Waals surface area contributed by atoms with E-state index in [1.165, 1.54) is 5.56 Å². The van der Waals surface area contributed by atoms with Gasteiger partial charge in [-0.15, -0.1) is 0 Å². The van der Waals surface area contributed by atoms with Gasteiger partial charge in [-0.2, -0.15) is 0 Å². The second-order valence-corrected chi connectivity index (χ2v) is 7.17. The number of amides is 2. The number of benzene rings is 2. The highest BCUT2D eigenvalue weighted by Crippen LogP contribution is 2.16. The number of carbonyl (C=O) groups is 2. The van der Waals surface area contributed by atoms with Crippen LogP contribution in [0.3, 0.4) is 0 Å². The zero-order valence-corrected chi connectivity index (χ0v) is 17.1. The maximum Gasteiger partial charge on any atom is 0.254 e. The van der Waals surface area contributed by atoms with Gasteiger partial charge in [-0.1, -0.05) is 23.8 Å². The van der Waals surface area contributed by atoms with Gasteiger partial charge in [0.25, 0.3) is 5.91 Å². The third kappa shape index (κ3) is 5.73. The Labute approximate surface area is 172 Å². The second-order valence-electron chi connectivity index (χ2n) is 7.17. The van der Waals surface area contributed by atoms with Crippen LogP contribution in [0.15, 0.2) is 48.5 Å². The summed E-state index contributed by atoms with van der Waals surface area (Å²) in [5.74, 6) is 1.58. The van der Waals surface area contributed by atoms with E-state index in [4.69, 9.17) is 9.47 Å². The fourth-order valence-electron chi connectivity index (χ4n) is 3.30. The van der Waals surface area contributed by atoms with Gasteiger partial charge in [0.15, 0.2) is 0 Å². The van der Waals surface area contributed by atoms with Crippen LogP contribution in [-0.4, -0.2) is 61.5 Å². The Morgan fingerprint density at radius 1 is 0.931 bits per heavy atom. The lowest BCUT2D eigenvalue weighted by Crippen LogP contribution is -2.50. The van der Waals surface area contributed by atoms with Gasteiger partial charge >= 0.3 is 0 Å². The van der Waals surface area contributed by atoms with Crippen LogP contribution in [0, 0.1) is 6.92 Å². The van der Waals surface area contributed by atoms with Gasteiger partial charge in [-0.25, -0.2) is 0 Å². The summed E-state index contributed by atoms with van der Waals surface area (Å²) in [6, 6.07) is 15.1. The molecule has 154 valence electrons. The Hall–Kier alpha value is -3.02. The molecule has 0 atom stereocenters. The molecule has 29 heavy (non-hydrogen) atoms. The molecule has 0 aromatic heterocycles. The monoisotopic (exact) mass is 396 g/mol. The lowest BCUT2D eigenvalue weighted by atomic mass is 10.1. The van der Waals surface area contributed by atoms with E-state index in [2.05, 4.69) is 0 Å². The van der Waals surface area contributed by atoms with Gasteiger partial charge in [0.1, 0.15) is 11.5 Å². The summed E-state index contributed by atoms with van der Waals surface area (Å²) >= 11 is 0. The van der Waals surface area contributed by atoms with Crippen molar-refractivity contribution in [3.05, 3.63) is 59.7 Å². The molecule has 6 nitrogen and oxygen atoms in total. The van der Waals surface area contributed by atoms with Crippen molar-refractivity contribution in [3.63, 3.8) is 0 Å². The van der Waals surface area contributed by atoms with Crippen LogP contribution in [0.5, 0.6) is 11.5 Å². The summed E-state index contributed by atoms with van der Waals surface area (Å²) in [5.41, 5.74) is 1.80. The number of rotatable bonds is 7. The normalized spacial score (nSPS) is 13.9. The molecule has 1 aliphatic heterocycles. The van der Waals surface area contributed by atoms with Crippen LogP contribution in [0.4, 0.5) is 0 Å². The molecule has 1 aliphatic rings. The highest BCUT2D eigenvalue weighted by atomic mass is 16.5. The highest BCUT2D eigenvalue weighted by molar-refractivity contribution is 5.94. The molecule has 6 heteroatoms. The smallest absolute Gasteiger partial charge is 0.254 e. The van der Waals surface area contributed by atoms with E-state index in [0.29, 0.717) is 56.9 Å². The third-order valence-corrected chi connectivity index (χ3v) is 5.06. The fourth-order valence-corrected chi connectivity index (χ4v) is 3.30. The molecule has 2 aromatic carbocycles. The average Bonchev–Trinajstić information content (AvgIpc) is 2.77. The number of piperazine rings is 1. The second kappa shape index (κ2) is 9.96. The molecule has 0 aliphatic carbocycles. The Balaban J connectivity index is 1.39. The number of nitrogens with zero attached hydrogens (tertiary/aromatic N) is 2. The number of aryl methyl sites for hydroxylation is 1. The van der Waals surface area contributed by atoms with Crippen molar-refractivity contribution in [2.24, 2.45) is 0 Å². The van der Waals surface area contributed by atoms with Crippen LogP contribution in [0.25, 0.3) is 0 Å². The number of ether oxygens (including phenoxy) is 2. The Morgan fingerprint density at radius 3 is 2.31 bits per heavy atom. The number of hydrogen-bond donors (Lipinski definition) is 0. The number of methoxy groups -OCH3 is 1. The van der Waals surface area contributed by atoms with E-state index in [0.717, 1.165) is 5.75 Å². The molecule has 0 radical (unpaired) electrons. The van der Waals surface area contributed by atoms with Crippen LogP contribution >= 0.6 is 0 Å². The Kier molecular flexibility index (Phi) is 7.11. The van der Waals surface area contributed by atoms with Crippen molar-refractivity contribution < 1.29 is 19.1 Å². The summed E-state index contributed by atoms with van der Waals surface area (Å²) in [6.07, 6.45) is 1.13. The van der Waals surface area contributed by atoms with E-state index in [1.807, 2.05) is 48.2 Å². The molecule has 0 spiro atoms. The quantitative estimate of drug-likeness (QED) is 0.675. The third-order valence-electron chi connectivity index (χ3n) is 5.06. The molecule has 2 aromatic rings. The first-order valence-electron chi connectivity index (χ1n) is 9.97. The lowest BCUT2D eigenvalue weighted by molar-refractivity contribution is -0.132. The van der Waals surface area contributed by atoms with Crippen LogP contribution in [0.1, 0.15) is 28.8 Å². The SMILES string of the molecule is COc1cccc(C(=O)N2CCN(C(=O)CCCOc3ccc(C)cc3)CC2)c1. The minimum Gasteiger partial charge on any atom is -0.497 e. The summed E-state index contributed by atoms with van der Waals surface area (Å²) in [5, 5.41) is 0. The molecule has 0 unspecified atom stereocenters. The summed E-state index contributed by atoms with van der Waals surface area (Å²) < 4.78 is 10.9. The zero-order chi connectivity index (χ0) is 20.6. The van der Waals surface area contributed by atoms with Gasteiger partial charge < -0.3 is 19.3 Å². The molecule has 0 saturated carbocycles. The molecule has 3 rings (SSSR count). The summed E-state index contributed by atoms with van der Waals surface area (Å²) in [4.78, 5) is 28.7. The minimum absolute atomic E-state index is 0.0255. The standard InChI is InChI=1S/C23H28N2O4/c1-18-8-10-20(11-9-18)29-16-4-7-22(26)24-12-14-25(15-13-24)23(27)19-5-3-6-21(17-19)28-2/h3,5-6,8-11,17H,4,7,12-16H2,1-2H3. The molecule has 0 N–H and O–H groups in total. The first-order valence-corrected chi connectivity index (χ1v) is 9.97. The van der Waals surface area contributed by atoms with E-state index < -0.39 is 0 Å². The van der Waals surface area contributed by atoms with Crippen LogP contribution in [0.2, 0.25) is 0 Å². The predicted octanol–water partition coefficient (Wildman–Crippen LogP) is 3.15. The molecule has 2 amide bonds. The minimum atomic E-state index is -0.0255. The topological polar surface area (TPSA) is 59.1 Å². The van der Waals surface area contributed by atoms with E-state index >= 15 is 0 Å². The highest BCUT2D eigenvalue weighted by Gasteiger charge is 2.24. The van der Waals surface area contributed by atoms with E-state index in [9.17, 15) is 9.59 Å². The van der Waals surface area contributed by atoms with E-state index in [1.54, 1.807) is 24.1 Å². The van der Waals surface area contributed by atoms with Crippen molar-refractivity contribution in [3.8, 4) is 11.5 Å². The predicted molar refractivity (Wildman–Crippen MR) is 111 cm³/mol. The van der Waals surface area contributed by atoms with Crippen molar-refractivity contribution in [2.45, 2.75) is 19.8 Å². The molecular formula is C23H28N2O4. The van der Waals surface area contributed by atoms with Gasteiger partial charge in [0.05, 0.1) is 13.7 Å². The first kappa shape index (κ1) is 20.7. The van der Waals surface area contributed by atoms with E-state index in [-0.39, 0.29) is 11.8 Å². The Bertz CT molecular complexity index is 827. The molecule has 1 saturated heterocycles. The number of carbonyl (C=O) groups excluding carboxylic acids is 2. The largest absolute Gasteiger partial charge is 0.497 e. The van der Waals surface area contributed by atoms with Gasteiger partial charge in [0, 0.05) is 38.2 Å². The van der Waals surface area contributed by atoms with Gasteiger partial charge in [-0.3, -0.25) is 9.59 Å². The fraction of sp³-hybridized carbons (Fsp3) is 0.391. The maximum absolute atomic E-state index is 12.7. The van der Waals surface area contributed by atoms with Crippen molar-refractivity contribution in [2.75, 3.05) is 39.9 Å². The first-order chi connectivity index (χ1) is 14.1. The number of hydrogen-bond acceptors (Lipinski definition) is 4. The Morgan fingerprint density at radius 2 is 1.62 bits per heavy atom. The van der Waals surface area contributed by atoms with Crippen molar-refractivity contribution >= 4 is 11.8 Å². The van der Waals surface area contributed by atoms with Gasteiger partial charge in [0.2, 0.25) is 5.91 Å². The van der Waals surface area contributed by atoms with Crippen molar-refractivity contribution in [1.82, 2.24) is 9.80 Å². The van der Waals surface area contributed by atoms with Crippen LogP contribution < -0.4 is 9.47 Å². The van der Waals surface area contributed by atoms with Crippen LogP contribution in [-0.2, 0) is 4.79 Å². The summed E-state index contributed by atoms with van der Waals surface area (Å²) in [7, 11) is 1.58. The molecule has 1 fully saturated rings.